The maximum atomic E-state index is 12.8. The summed E-state index contributed by atoms with van der Waals surface area (Å²) in [5, 5.41) is 9.37. The molecule has 1 aromatic carbocycles. The highest BCUT2D eigenvalue weighted by atomic mass is 32.2. The van der Waals surface area contributed by atoms with Crippen molar-refractivity contribution in [3.05, 3.63) is 29.8 Å². The van der Waals surface area contributed by atoms with Crippen LogP contribution in [0.15, 0.2) is 29.2 Å². The third-order valence-electron chi connectivity index (χ3n) is 4.44. The molecule has 0 saturated carbocycles. The molecule has 4 nitrogen and oxygen atoms in total. The Morgan fingerprint density at radius 2 is 1.95 bits per heavy atom. The van der Waals surface area contributed by atoms with Crippen molar-refractivity contribution in [1.82, 2.24) is 4.31 Å². The van der Waals surface area contributed by atoms with Crippen molar-refractivity contribution in [1.29, 1.82) is 0 Å². The standard InChI is InChI=1S/C16H25NO3S/c1-13(2)14-7-5-10-17(11-9-14)21(19,20)16-8-4-3-6-15(16)12-18/h3-4,6,8,13-14,18H,5,7,9-12H2,1-2H3. The number of benzene rings is 1. The van der Waals surface area contributed by atoms with E-state index in [1.54, 1.807) is 28.6 Å². The second-order valence-corrected chi connectivity index (χ2v) is 8.01. The summed E-state index contributed by atoms with van der Waals surface area (Å²) in [7, 11) is -3.50. The number of aliphatic hydroxyl groups excluding tert-OH is 1. The first-order valence-corrected chi connectivity index (χ1v) is 9.09. The van der Waals surface area contributed by atoms with E-state index < -0.39 is 10.0 Å². The minimum atomic E-state index is -3.50. The van der Waals surface area contributed by atoms with Crippen LogP contribution < -0.4 is 0 Å². The Labute approximate surface area is 127 Å². The minimum absolute atomic E-state index is 0.246. The van der Waals surface area contributed by atoms with Gasteiger partial charge in [-0.2, -0.15) is 4.31 Å². The topological polar surface area (TPSA) is 57.6 Å². The fourth-order valence-electron chi connectivity index (χ4n) is 3.03. The highest BCUT2D eigenvalue weighted by molar-refractivity contribution is 7.89. The molecule has 21 heavy (non-hydrogen) atoms. The summed E-state index contributed by atoms with van der Waals surface area (Å²) in [4.78, 5) is 0.246. The van der Waals surface area contributed by atoms with Crippen molar-refractivity contribution in [2.45, 2.75) is 44.6 Å². The summed E-state index contributed by atoms with van der Waals surface area (Å²) in [5.41, 5.74) is 0.474. The van der Waals surface area contributed by atoms with Gasteiger partial charge in [0, 0.05) is 13.1 Å². The highest BCUT2D eigenvalue weighted by Crippen LogP contribution is 2.28. The van der Waals surface area contributed by atoms with Gasteiger partial charge in [-0.05, 0) is 42.7 Å². The summed E-state index contributed by atoms with van der Waals surface area (Å²) in [5.74, 6) is 1.19. The van der Waals surface area contributed by atoms with Crippen molar-refractivity contribution in [3.8, 4) is 0 Å². The minimum Gasteiger partial charge on any atom is -0.392 e. The lowest BCUT2D eigenvalue weighted by Crippen LogP contribution is -2.32. The van der Waals surface area contributed by atoms with E-state index in [2.05, 4.69) is 13.8 Å². The Bertz CT molecular complexity index is 569. The third-order valence-corrected chi connectivity index (χ3v) is 6.43. The van der Waals surface area contributed by atoms with E-state index in [4.69, 9.17) is 0 Å². The molecule has 2 rings (SSSR count). The lowest BCUT2D eigenvalue weighted by atomic mass is 9.89. The lowest BCUT2D eigenvalue weighted by Gasteiger charge is -2.22. The van der Waals surface area contributed by atoms with E-state index in [9.17, 15) is 13.5 Å². The number of rotatable bonds is 4. The normalized spacial score (nSPS) is 21.4. The maximum Gasteiger partial charge on any atom is 0.243 e. The third kappa shape index (κ3) is 3.65. The van der Waals surface area contributed by atoms with Gasteiger partial charge in [0.15, 0.2) is 0 Å². The molecule has 0 amide bonds. The lowest BCUT2D eigenvalue weighted by molar-refractivity contribution is 0.278. The molecule has 1 atom stereocenters. The number of sulfonamides is 1. The van der Waals surface area contributed by atoms with Gasteiger partial charge in [-0.3, -0.25) is 0 Å². The number of nitrogens with zero attached hydrogens (tertiary/aromatic N) is 1. The van der Waals surface area contributed by atoms with Gasteiger partial charge in [0.1, 0.15) is 0 Å². The Morgan fingerprint density at radius 1 is 1.24 bits per heavy atom. The molecule has 1 aliphatic heterocycles. The average Bonchev–Trinajstić information content (AvgIpc) is 2.73. The van der Waals surface area contributed by atoms with E-state index in [0.717, 1.165) is 19.3 Å². The van der Waals surface area contributed by atoms with Gasteiger partial charge in [-0.25, -0.2) is 8.42 Å². The molecule has 1 aromatic rings. The van der Waals surface area contributed by atoms with Gasteiger partial charge in [0.2, 0.25) is 10.0 Å². The quantitative estimate of drug-likeness (QED) is 0.930. The van der Waals surface area contributed by atoms with Gasteiger partial charge >= 0.3 is 0 Å². The smallest absolute Gasteiger partial charge is 0.243 e. The van der Waals surface area contributed by atoms with Crippen LogP contribution in [0.1, 0.15) is 38.7 Å². The summed E-state index contributed by atoms with van der Waals surface area (Å²) in [6, 6.07) is 6.72. The second-order valence-electron chi connectivity index (χ2n) is 6.10. The zero-order chi connectivity index (χ0) is 15.5. The van der Waals surface area contributed by atoms with Crippen molar-refractivity contribution in [2.24, 2.45) is 11.8 Å². The van der Waals surface area contributed by atoms with Crippen molar-refractivity contribution in [2.75, 3.05) is 13.1 Å². The van der Waals surface area contributed by atoms with E-state index >= 15 is 0 Å². The van der Waals surface area contributed by atoms with Gasteiger partial charge in [0.05, 0.1) is 11.5 Å². The van der Waals surface area contributed by atoms with Gasteiger partial charge < -0.3 is 5.11 Å². The fourth-order valence-corrected chi connectivity index (χ4v) is 4.74. The summed E-state index contributed by atoms with van der Waals surface area (Å²) in [6.45, 7) is 5.31. The van der Waals surface area contributed by atoms with Gasteiger partial charge in [-0.15, -0.1) is 0 Å². The van der Waals surface area contributed by atoms with Crippen molar-refractivity contribution < 1.29 is 13.5 Å². The second kappa shape index (κ2) is 6.90. The van der Waals surface area contributed by atoms with Crippen LogP contribution in [0, 0.1) is 11.8 Å². The van der Waals surface area contributed by atoms with Crippen LogP contribution >= 0.6 is 0 Å². The molecule has 1 aliphatic rings. The average molecular weight is 311 g/mol. The Kier molecular flexibility index (Phi) is 5.41. The van der Waals surface area contributed by atoms with E-state index in [-0.39, 0.29) is 11.5 Å². The molecule has 0 bridgehead atoms. The zero-order valence-electron chi connectivity index (χ0n) is 12.8. The SMILES string of the molecule is CC(C)C1CCCN(S(=O)(=O)c2ccccc2CO)CC1. The molecule has 0 aliphatic carbocycles. The largest absolute Gasteiger partial charge is 0.392 e. The predicted octanol–water partition coefficient (Wildman–Crippen LogP) is 2.63. The molecule has 1 N–H and O–H groups in total. The molecular weight excluding hydrogens is 286 g/mol. The Hall–Kier alpha value is -0.910. The number of hydrogen-bond acceptors (Lipinski definition) is 3. The monoisotopic (exact) mass is 311 g/mol. The van der Waals surface area contributed by atoms with Crippen LogP contribution in [0.25, 0.3) is 0 Å². The fraction of sp³-hybridized carbons (Fsp3) is 0.625. The van der Waals surface area contributed by atoms with Crippen LogP contribution in [0.5, 0.6) is 0 Å². The van der Waals surface area contributed by atoms with Crippen LogP contribution in [0.4, 0.5) is 0 Å². The molecule has 5 heteroatoms. The molecule has 1 unspecified atom stereocenters. The zero-order valence-corrected chi connectivity index (χ0v) is 13.6. The van der Waals surface area contributed by atoms with Crippen molar-refractivity contribution >= 4 is 10.0 Å². The maximum absolute atomic E-state index is 12.8. The first-order valence-electron chi connectivity index (χ1n) is 7.65. The summed E-state index contributed by atoms with van der Waals surface area (Å²) in [6.07, 6.45) is 2.91. The van der Waals surface area contributed by atoms with Crippen LogP contribution in [0.2, 0.25) is 0 Å². The van der Waals surface area contributed by atoms with Gasteiger partial charge in [0.25, 0.3) is 0 Å². The predicted molar refractivity (Wildman–Crippen MR) is 83.3 cm³/mol. The number of aliphatic hydroxyl groups is 1. The van der Waals surface area contributed by atoms with Crippen LogP contribution in [-0.4, -0.2) is 30.9 Å². The molecule has 1 fully saturated rings. The van der Waals surface area contributed by atoms with Crippen LogP contribution in [0.3, 0.4) is 0 Å². The van der Waals surface area contributed by atoms with E-state index in [0.29, 0.717) is 30.5 Å². The molecule has 0 aromatic heterocycles. The number of hydrogen-bond donors (Lipinski definition) is 1. The molecule has 0 radical (unpaired) electrons. The first kappa shape index (κ1) is 16.5. The Balaban J connectivity index is 2.23. The van der Waals surface area contributed by atoms with E-state index in [1.807, 2.05) is 0 Å². The first-order chi connectivity index (χ1) is 9.96. The summed E-state index contributed by atoms with van der Waals surface area (Å²) < 4.78 is 27.2. The molecule has 118 valence electrons. The molecule has 1 heterocycles. The molecular formula is C16H25NO3S. The van der Waals surface area contributed by atoms with Crippen LogP contribution in [-0.2, 0) is 16.6 Å². The van der Waals surface area contributed by atoms with E-state index in [1.165, 1.54) is 0 Å². The summed E-state index contributed by atoms with van der Waals surface area (Å²) >= 11 is 0. The van der Waals surface area contributed by atoms with Gasteiger partial charge in [-0.1, -0.05) is 32.0 Å². The van der Waals surface area contributed by atoms with Crippen molar-refractivity contribution in [3.63, 3.8) is 0 Å². The Morgan fingerprint density at radius 3 is 2.62 bits per heavy atom. The highest BCUT2D eigenvalue weighted by Gasteiger charge is 2.29. The molecule has 0 spiro atoms. The molecule has 1 saturated heterocycles.